The number of rotatable bonds is 5. The van der Waals surface area contributed by atoms with Crippen molar-refractivity contribution in [3.8, 4) is 0 Å². The fourth-order valence-corrected chi connectivity index (χ4v) is 2.06. The van der Waals surface area contributed by atoms with E-state index in [-0.39, 0.29) is 17.6 Å². The molecule has 6 nitrogen and oxygen atoms in total. The van der Waals surface area contributed by atoms with Crippen LogP contribution in [0.5, 0.6) is 0 Å². The van der Waals surface area contributed by atoms with E-state index in [0.29, 0.717) is 29.2 Å². The van der Waals surface area contributed by atoms with Gasteiger partial charge in [0.15, 0.2) is 5.76 Å². The third-order valence-electron chi connectivity index (χ3n) is 3.23. The molecule has 116 valence electrons. The SMILES string of the molecule is CNC(=O)c1cccc(NC(=O)c2ccc(COC)o2)c1C. The highest BCUT2D eigenvalue weighted by Gasteiger charge is 2.15. The van der Waals surface area contributed by atoms with Gasteiger partial charge in [-0.1, -0.05) is 6.07 Å². The predicted octanol–water partition coefficient (Wildman–Crippen LogP) is 2.35. The minimum atomic E-state index is -0.375. The van der Waals surface area contributed by atoms with Crippen LogP contribution < -0.4 is 10.6 Å². The molecule has 0 bridgehead atoms. The van der Waals surface area contributed by atoms with Gasteiger partial charge >= 0.3 is 0 Å². The number of carbonyl (C=O) groups is 2. The Bertz CT molecular complexity index is 691. The van der Waals surface area contributed by atoms with Gasteiger partial charge in [-0.25, -0.2) is 0 Å². The number of amides is 2. The van der Waals surface area contributed by atoms with Gasteiger partial charge in [0.05, 0.1) is 0 Å². The van der Waals surface area contributed by atoms with Gasteiger partial charge in [-0.15, -0.1) is 0 Å². The van der Waals surface area contributed by atoms with Crippen LogP contribution in [0.25, 0.3) is 0 Å². The summed E-state index contributed by atoms with van der Waals surface area (Å²) in [6.45, 7) is 2.08. The van der Waals surface area contributed by atoms with E-state index in [0.717, 1.165) is 0 Å². The maximum absolute atomic E-state index is 12.2. The van der Waals surface area contributed by atoms with Crippen molar-refractivity contribution in [1.29, 1.82) is 0 Å². The second kappa shape index (κ2) is 6.91. The van der Waals surface area contributed by atoms with Crippen LogP contribution >= 0.6 is 0 Å². The van der Waals surface area contributed by atoms with E-state index >= 15 is 0 Å². The first-order valence-corrected chi connectivity index (χ1v) is 6.77. The quantitative estimate of drug-likeness (QED) is 0.888. The molecule has 1 aromatic carbocycles. The molecule has 0 saturated heterocycles. The van der Waals surface area contributed by atoms with Crippen molar-refractivity contribution in [1.82, 2.24) is 5.32 Å². The van der Waals surface area contributed by atoms with Gasteiger partial charge in [0, 0.05) is 25.4 Å². The molecule has 6 heteroatoms. The summed E-state index contributed by atoms with van der Waals surface area (Å²) < 4.78 is 10.3. The van der Waals surface area contributed by atoms with Crippen LogP contribution in [0.3, 0.4) is 0 Å². The van der Waals surface area contributed by atoms with Gasteiger partial charge in [0.1, 0.15) is 12.4 Å². The second-order valence-electron chi connectivity index (χ2n) is 4.71. The molecule has 0 spiro atoms. The zero-order chi connectivity index (χ0) is 16.1. The van der Waals surface area contributed by atoms with Gasteiger partial charge in [-0.3, -0.25) is 9.59 Å². The Morgan fingerprint density at radius 2 is 1.95 bits per heavy atom. The number of methoxy groups -OCH3 is 1. The van der Waals surface area contributed by atoms with Crippen LogP contribution in [0.15, 0.2) is 34.7 Å². The van der Waals surface area contributed by atoms with Gasteiger partial charge in [-0.05, 0) is 36.8 Å². The van der Waals surface area contributed by atoms with E-state index in [1.165, 1.54) is 0 Å². The Kier molecular flexibility index (Phi) is 4.95. The largest absolute Gasteiger partial charge is 0.453 e. The molecular formula is C16H18N2O4. The van der Waals surface area contributed by atoms with Crippen LogP contribution in [0.1, 0.15) is 32.2 Å². The van der Waals surface area contributed by atoms with E-state index < -0.39 is 0 Å². The van der Waals surface area contributed by atoms with Crippen molar-refractivity contribution in [3.63, 3.8) is 0 Å². The Hall–Kier alpha value is -2.60. The van der Waals surface area contributed by atoms with Crippen molar-refractivity contribution in [3.05, 3.63) is 53.0 Å². The molecule has 2 rings (SSSR count). The number of carbonyl (C=O) groups excluding carboxylic acids is 2. The zero-order valence-corrected chi connectivity index (χ0v) is 12.7. The maximum Gasteiger partial charge on any atom is 0.291 e. The molecule has 0 aliphatic heterocycles. The number of furan rings is 1. The summed E-state index contributed by atoms with van der Waals surface area (Å²) in [5.74, 6) is 0.189. The van der Waals surface area contributed by atoms with E-state index in [2.05, 4.69) is 10.6 Å². The molecule has 2 N–H and O–H groups in total. The highest BCUT2D eigenvalue weighted by Crippen LogP contribution is 2.20. The molecule has 2 aromatic rings. The van der Waals surface area contributed by atoms with Gasteiger partial charge in [0.2, 0.25) is 0 Å². The van der Waals surface area contributed by atoms with E-state index in [9.17, 15) is 9.59 Å². The van der Waals surface area contributed by atoms with Crippen LogP contribution in [0.2, 0.25) is 0 Å². The fourth-order valence-electron chi connectivity index (χ4n) is 2.06. The van der Waals surface area contributed by atoms with Crippen molar-refractivity contribution < 1.29 is 18.7 Å². The number of hydrogen-bond donors (Lipinski definition) is 2. The Labute approximate surface area is 128 Å². The number of benzene rings is 1. The Morgan fingerprint density at radius 3 is 2.64 bits per heavy atom. The molecule has 0 aliphatic carbocycles. The molecule has 0 saturated carbocycles. The minimum absolute atomic E-state index is 0.191. The highest BCUT2D eigenvalue weighted by atomic mass is 16.5. The lowest BCUT2D eigenvalue weighted by Crippen LogP contribution is -2.20. The second-order valence-corrected chi connectivity index (χ2v) is 4.71. The van der Waals surface area contributed by atoms with Crippen LogP contribution in [-0.2, 0) is 11.3 Å². The van der Waals surface area contributed by atoms with Gasteiger partial charge < -0.3 is 19.8 Å². The van der Waals surface area contributed by atoms with Crippen molar-refractivity contribution in [2.75, 3.05) is 19.5 Å². The monoisotopic (exact) mass is 302 g/mol. The third kappa shape index (κ3) is 3.35. The maximum atomic E-state index is 12.2. The molecule has 0 unspecified atom stereocenters. The van der Waals surface area contributed by atoms with E-state index in [4.69, 9.17) is 9.15 Å². The molecule has 1 heterocycles. The number of nitrogens with one attached hydrogen (secondary N) is 2. The number of ether oxygens (including phenoxy) is 1. The smallest absolute Gasteiger partial charge is 0.291 e. The molecular weight excluding hydrogens is 284 g/mol. The number of hydrogen-bond acceptors (Lipinski definition) is 4. The van der Waals surface area contributed by atoms with Crippen molar-refractivity contribution in [2.24, 2.45) is 0 Å². The molecule has 0 atom stereocenters. The number of anilines is 1. The van der Waals surface area contributed by atoms with Crippen LogP contribution in [0, 0.1) is 6.92 Å². The standard InChI is InChI=1S/C16H18N2O4/c1-10-12(15(19)17-2)5-4-6-13(10)18-16(20)14-8-7-11(22-14)9-21-3/h4-8H,9H2,1-3H3,(H,17,19)(H,18,20). The Morgan fingerprint density at radius 1 is 1.18 bits per heavy atom. The predicted molar refractivity (Wildman–Crippen MR) is 81.9 cm³/mol. The summed E-state index contributed by atoms with van der Waals surface area (Å²) in [6, 6.07) is 8.42. The van der Waals surface area contributed by atoms with Crippen molar-refractivity contribution >= 4 is 17.5 Å². The average molecular weight is 302 g/mol. The lowest BCUT2D eigenvalue weighted by Gasteiger charge is -2.11. The summed E-state index contributed by atoms with van der Waals surface area (Å²) in [4.78, 5) is 23.9. The van der Waals surface area contributed by atoms with Gasteiger partial charge in [0.25, 0.3) is 11.8 Å². The molecule has 1 aromatic heterocycles. The molecule has 22 heavy (non-hydrogen) atoms. The summed E-state index contributed by atoms with van der Waals surface area (Å²) >= 11 is 0. The lowest BCUT2D eigenvalue weighted by atomic mass is 10.1. The van der Waals surface area contributed by atoms with Gasteiger partial charge in [-0.2, -0.15) is 0 Å². The first kappa shape index (κ1) is 15.8. The molecule has 2 amide bonds. The normalized spacial score (nSPS) is 10.3. The topological polar surface area (TPSA) is 80.6 Å². The summed E-state index contributed by atoms with van der Waals surface area (Å²) in [7, 11) is 3.11. The molecule has 0 radical (unpaired) electrons. The third-order valence-corrected chi connectivity index (χ3v) is 3.23. The highest BCUT2D eigenvalue weighted by molar-refractivity contribution is 6.04. The first-order valence-electron chi connectivity index (χ1n) is 6.77. The van der Waals surface area contributed by atoms with Crippen molar-refractivity contribution in [2.45, 2.75) is 13.5 Å². The van der Waals surface area contributed by atoms with Crippen LogP contribution in [0.4, 0.5) is 5.69 Å². The van der Waals surface area contributed by atoms with Crippen LogP contribution in [-0.4, -0.2) is 26.0 Å². The zero-order valence-electron chi connectivity index (χ0n) is 12.7. The summed E-state index contributed by atoms with van der Waals surface area (Å²) in [5, 5.41) is 5.32. The molecule has 0 fully saturated rings. The van der Waals surface area contributed by atoms with E-state index in [1.54, 1.807) is 51.4 Å². The van der Waals surface area contributed by atoms with E-state index in [1.807, 2.05) is 0 Å². The summed E-state index contributed by atoms with van der Waals surface area (Å²) in [6.07, 6.45) is 0. The fraction of sp³-hybridized carbons (Fsp3) is 0.250. The average Bonchev–Trinajstić information content (AvgIpc) is 2.98. The first-order chi connectivity index (χ1) is 10.6. The minimum Gasteiger partial charge on any atom is -0.453 e. The Balaban J connectivity index is 2.19. The summed E-state index contributed by atoms with van der Waals surface area (Å²) in [5.41, 5.74) is 1.77. The molecule has 0 aliphatic rings. The lowest BCUT2D eigenvalue weighted by molar-refractivity contribution is 0.0959.